The van der Waals surface area contributed by atoms with Crippen molar-refractivity contribution in [2.45, 2.75) is 27.4 Å². The van der Waals surface area contributed by atoms with Crippen LogP contribution >= 0.6 is 0 Å². The van der Waals surface area contributed by atoms with Crippen molar-refractivity contribution in [3.05, 3.63) is 105 Å². The maximum atomic E-state index is 12.4. The van der Waals surface area contributed by atoms with Crippen LogP contribution in [-0.2, 0) is 16.1 Å². The monoisotopic (exact) mass is 560 g/mol. The van der Waals surface area contributed by atoms with Gasteiger partial charge in [0.05, 0.1) is 17.7 Å². The highest BCUT2D eigenvalue weighted by Crippen LogP contribution is 2.27. The van der Waals surface area contributed by atoms with Gasteiger partial charge in [0.15, 0.2) is 18.1 Å². The van der Waals surface area contributed by atoms with Gasteiger partial charge in [-0.25, -0.2) is 10.2 Å². The van der Waals surface area contributed by atoms with Crippen LogP contribution in [0.1, 0.15) is 40.2 Å². The Kier molecular flexibility index (Phi) is 9.15. The molecule has 0 atom stereocenters. The number of hydrazone groups is 1. The van der Waals surface area contributed by atoms with E-state index in [2.05, 4.69) is 27.2 Å². The molecule has 1 N–H and O–H groups in total. The highest BCUT2D eigenvalue weighted by molar-refractivity contribution is 5.92. The molecule has 12 nitrogen and oxygen atoms in total. The lowest BCUT2D eigenvalue weighted by molar-refractivity contribution is -0.385. The van der Waals surface area contributed by atoms with Crippen molar-refractivity contribution >= 4 is 23.8 Å². The third-order valence-corrected chi connectivity index (χ3v) is 5.84. The number of carbonyl (C=O) groups is 2. The summed E-state index contributed by atoms with van der Waals surface area (Å²) in [6, 6.07) is 18.9. The molecule has 2 aromatic carbocycles. The minimum absolute atomic E-state index is 0.0170. The number of amides is 1. The molecule has 12 heteroatoms. The molecule has 0 bridgehead atoms. The lowest BCUT2D eigenvalue weighted by Gasteiger charge is -2.10. The molecule has 2 aromatic heterocycles. The SMILES string of the molecule is CCOC(=O)COc1ccc(/C=N/NC(=O)c2ccc(COc3ccc(-n4c(C)ccc4C)cc3)o2)cc1[N+](=O)[O-]. The molecule has 0 fully saturated rings. The Bertz CT molecular complexity index is 1550. The molecule has 4 aromatic rings. The van der Waals surface area contributed by atoms with E-state index in [1.807, 2.05) is 38.1 Å². The van der Waals surface area contributed by atoms with Crippen molar-refractivity contribution in [1.82, 2.24) is 9.99 Å². The summed E-state index contributed by atoms with van der Waals surface area (Å²) in [5, 5.41) is 15.3. The first-order valence-corrected chi connectivity index (χ1v) is 12.6. The van der Waals surface area contributed by atoms with Crippen molar-refractivity contribution in [2.24, 2.45) is 5.10 Å². The topological polar surface area (TPSA) is 147 Å². The zero-order valence-corrected chi connectivity index (χ0v) is 22.7. The smallest absolute Gasteiger partial charge is 0.344 e. The molecule has 1 amide bonds. The maximum absolute atomic E-state index is 12.4. The van der Waals surface area contributed by atoms with Crippen LogP contribution in [0.5, 0.6) is 11.5 Å². The number of aromatic nitrogens is 1. The minimum Gasteiger partial charge on any atom is -0.486 e. The summed E-state index contributed by atoms with van der Waals surface area (Å²) in [5.74, 6) is -0.252. The van der Waals surface area contributed by atoms with E-state index in [0.29, 0.717) is 17.1 Å². The number of nitrogens with zero attached hydrogens (tertiary/aromatic N) is 3. The Morgan fingerprint density at radius 1 is 1.02 bits per heavy atom. The molecule has 0 unspecified atom stereocenters. The zero-order chi connectivity index (χ0) is 29.4. The van der Waals surface area contributed by atoms with Gasteiger partial charge in [0, 0.05) is 28.7 Å². The fourth-order valence-corrected chi connectivity index (χ4v) is 3.94. The summed E-state index contributed by atoms with van der Waals surface area (Å²) in [4.78, 5) is 34.7. The lowest BCUT2D eigenvalue weighted by Crippen LogP contribution is -2.17. The summed E-state index contributed by atoms with van der Waals surface area (Å²) in [5.41, 5.74) is 5.57. The van der Waals surface area contributed by atoms with Gasteiger partial charge in [-0.15, -0.1) is 0 Å². The molecule has 41 heavy (non-hydrogen) atoms. The van der Waals surface area contributed by atoms with Crippen LogP contribution in [0.3, 0.4) is 0 Å². The van der Waals surface area contributed by atoms with Crippen molar-refractivity contribution < 1.29 is 33.1 Å². The number of nitro benzene ring substituents is 1. The van der Waals surface area contributed by atoms with Crippen LogP contribution in [0, 0.1) is 24.0 Å². The number of carbonyl (C=O) groups excluding carboxylic acids is 2. The molecule has 0 saturated heterocycles. The Morgan fingerprint density at radius 2 is 1.76 bits per heavy atom. The predicted molar refractivity (Wildman–Crippen MR) is 149 cm³/mol. The summed E-state index contributed by atoms with van der Waals surface area (Å²) in [7, 11) is 0. The number of hydrogen-bond acceptors (Lipinski definition) is 9. The van der Waals surface area contributed by atoms with Crippen LogP contribution in [0.25, 0.3) is 5.69 Å². The predicted octanol–water partition coefficient (Wildman–Crippen LogP) is 4.88. The molecule has 0 aliphatic carbocycles. The quantitative estimate of drug-likeness (QED) is 0.112. The number of rotatable bonds is 12. The highest BCUT2D eigenvalue weighted by atomic mass is 16.6. The van der Waals surface area contributed by atoms with Crippen molar-refractivity contribution in [3.8, 4) is 17.2 Å². The zero-order valence-electron chi connectivity index (χ0n) is 22.7. The number of furan rings is 1. The fraction of sp³-hybridized carbons (Fsp3) is 0.207. The normalized spacial score (nSPS) is 10.9. The second-order valence-corrected chi connectivity index (χ2v) is 8.78. The van der Waals surface area contributed by atoms with E-state index in [4.69, 9.17) is 18.6 Å². The van der Waals surface area contributed by atoms with E-state index in [1.165, 1.54) is 30.5 Å². The van der Waals surface area contributed by atoms with Crippen LogP contribution in [0.15, 0.2) is 76.2 Å². The summed E-state index contributed by atoms with van der Waals surface area (Å²) in [6.07, 6.45) is 1.23. The van der Waals surface area contributed by atoms with Gasteiger partial charge >= 0.3 is 17.6 Å². The van der Waals surface area contributed by atoms with E-state index >= 15 is 0 Å². The van der Waals surface area contributed by atoms with Gasteiger partial charge in [-0.3, -0.25) is 14.9 Å². The van der Waals surface area contributed by atoms with E-state index in [9.17, 15) is 19.7 Å². The average Bonchev–Trinajstić information content (AvgIpc) is 3.57. The van der Waals surface area contributed by atoms with E-state index < -0.39 is 23.4 Å². The Balaban J connectivity index is 1.30. The summed E-state index contributed by atoms with van der Waals surface area (Å²) >= 11 is 0. The molecule has 212 valence electrons. The number of benzene rings is 2. The number of ether oxygens (including phenoxy) is 3. The van der Waals surface area contributed by atoms with Crippen LogP contribution in [0.4, 0.5) is 5.69 Å². The standard InChI is InChI=1S/C29H28N4O8/c1-4-38-28(34)18-40-26-13-7-21(15-25(26)33(36)37)16-30-31-29(35)27-14-12-24(41-27)17-39-23-10-8-22(9-11-23)32-19(2)5-6-20(32)3/h5-16H,4,17-18H2,1-3H3,(H,31,35)/b30-16+. The van der Waals surface area contributed by atoms with Gasteiger partial charge in [0.2, 0.25) is 0 Å². The Hall–Kier alpha value is -5.39. The van der Waals surface area contributed by atoms with E-state index in [1.54, 1.807) is 13.0 Å². The number of hydrogen-bond donors (Lipinski definition) is 1. The number of nitrogens with one attached hydrogen (secondary N) is 1. The molecule has 4 rings (SSSR count). The molecule has 0 spiro atoms. The molecular weight excluding hydrogens is 532 g/mol. The van der Waals surface area contributed by atoms with Gasteiger partial charge in [-0.2, -0.15) is 5.10 Å². The summed E-state index contributed by atoms with van der Waals surface area (Å²) < 4.78 is 23.4. The van der Waals surface area contributed by atoms with Gasteiger partial charge in [0.1, 0.15) is 18.1 Å². The molecule has 2 heterocycles. The first-order valence-electron chi connectivity index (χ1n) is 12.6. The first kappa shape index (κ1) is 28.6. The molecular formula is C29H28N4O8. The Morgan fingerprint density at radius 3 is 2.44 bits per heavy atom. The maximum Gasteiger partial charge on any atom is 0.344 e. The number of aryl methyl sites for hydroxylation is 2. The van der Waals surface area contributed by atoms with Crippen molar-refractivity contribution in [3.63, 3.8) is 0 Å². The average molecular weight is 561 g/mol. The minimum atomic E-state index is -0.651. The van der Waals surface area contributed by atoms with E-state index in [0.717, 1.165) is 17.1 Å². The Labute approximate surface area is 235 Å². The van der Waals surface area contributed by atoms with Crippen molar-refractivity contribution in [1.29, 1.82) is 0 Å². The van der Waals surface area contributed by atoms with Gasteiger partial charge < -0.3 is 23.2 Å². The van der Waals surface area contributed by atoms with Gasteiger partial charge in [-0.05, 0) is 81.4 Å². The lowest BCUT2D eigenvalue weighted by atomic mass is 10.2. The molecule has 0 aliphatic heterocycles. The van der Waals surface area contributed by atoms with Gasteiger partial charge in [-0.1, -0.05) is 0 Å². The van der Waals surface area contributed by atoms with Crippen LogP contribution in [-0.4, -0.2) is 40.8 Å². The third kappa shape index (κ3) is 7.38. The molecule has 0 saturated carbocycles. The second kappa shape index (κ2) is 13.1. The third-order valence-electron chi connectivity index (χ3n) is 5.84. The second-order valence-electron chi connectivity index (χ2n) is 8.78. The first-order chi connectivity index (χ1) is 19.7. The number of nitro groups is 1. The molecule has 0 aliphatic rings. The summed E-state index contributed by atoms with van der Waals surface area (Å²) in [6.45, 7) is 5.55. The van der Waals surface area contributed by atoms with Crippen LogP contribution in [0.2, 0.25) is 0 Å². The highest BCUT2D eigenvalue weighted by Gasteiger charge is 2.17. The largest absolute Gasteiger partial charge is 0.486 e. The van der Waals surface area contributed by atoms with Crippen LogP contribution < -0.4 is 14.9 Å². The number of esters is 1. The van der Waals surface area contributed by atoms with Gasteiger partial charge in [0.25, 0.3) is 0 Å². The molecule has 0 radical (unpaired) electrons. The van der Waals surface area contributed by atoms with Crippen molar-refractivity contribution in [2.75, 3.05) is 13.2 Å². The van der Waals surface area contributed by atoms with E-state index in [-0.39, 0.29) is 30.4 Å². The fourth-order valence-electron chi connectivity index (χ4n) is 3.94.